The highest BCUT2D eigenvalue weighted by molar-refractivity contribution is 9.10. The van der Waals surface area contributed by atoms with Crippen molar-refractivity contribution in [2.75, 3.05) is 11.9 Å². The highest BCUT2D eigenvalue weighted by Gasteiger charge is 2.07. The average molecular weight is 343 g/mol. The first-order chi connectivity index (χ1) is 9.15. The second-order valence-electron chi connectivity index (χ2n) is 3.48. The number of nitrogens with zero attached hydrogens (tertiary/aromatic N) is 2. The smallest absolute Gasteiger partial charge is 0.264 e. The number of nitrogens with one attached hydrogen (secondary N) is 1. The molecule has 1 amide bonds. The minimum atomic E-state index is -0.356. The van der Waals surface area contributed by atoms with Gasteiger partial charge in [0.15, 0.2) is 6.61 Å². The third-order valence-corrected chi connectivity index (χ3v) is 2.86. The Morgan fingerprint density at radius 2 is 2.11 bits per heavy atom. The van der Waals surface area contributed by atoms with Crippen LogP contribution in [0.1, 0.15) is 0 Å². The lowest BCUT2D eigenvalue weighted by molar-refractivity contribution is -0.118. The summed E-state index contributed by atoms with van der Waals surface area (Å²) in [6, 6.07) is 6.81. The second-order valence-corrected chi connectivity index (χ2v) is 4.81. The van der Waals surface area contributed by atoms with Crippen LogP contribution in [0.2, 0.25) is 5.02 Å². The number of aromatic nitrogens is 2. The van der Waals surface area contributed by atoms with Crippen LogP contribution in [-0.2, 0) is 4.79 Å². The van der Waals surface area contributed by atoms with Crippen LogP contribution < -0.4 is 10.1 Å². The van der Waals surface area contributed by atoms with Crippen LogP contribution in [0.5, 0.6) is 5.75 Å². The van der Waals surface area contributed by atoms with Gasteiger partial charge in [-0.15, -0.1) is 0 Å². The van der Waals surface area contributed by atoms with E-state index in [0.29, 0.717) is 10.8 Å². The topological polar surface area (TPSA) is 64.1 Å². The van der Waals surface area contributed by atoms with E-state index in [1.807, 2.05) is 0 Å². The summed E-state index contributed by atoms with van der Waals surface area (Å²) in [6.07, 6.45) is 3.07. The van der Waals surface area contributed by atoms with Gasteiger partial charge < -0.3 is 4.74 Å². The number of anilines is 1. The lowest BCUT2D eigenvalue weighted by Crippen LogP contribution is -2.21. The van der Waals surface area contributed by atoms with Crippen LogP contribution in [0, 0.1) is 0 Å². The number of benzene rings is 1. The lowest BCUT2D eigenvalue weighted by Gasteiger charge is -2.08. The second kappa shape index (κ2) is 6.49. The zero-order chi connectivity index (χ0) is 13.7. The first-order valence-electron chi connectivity index (χ1n) is 5.30. The van der Waals surface area contributed by atoms with Gasteiger partial charge in [0.25, 0.3) is 5.91 Å². The van der Waals surface area contributed by atoms with Gasteiger partial charge in [-0.2, -0.15) is 0 Å². The fourth-order valence-electron chi connectivity index (χ4n) is 1.26. The van der Waals surface area contributed by atoms with Gasteiger partial charge in [-0.25, -0.2) is 9.97 Å². The normalized spacial score (nSPS) is 10.0. The Labute approximate surface area is 123 Å². The summed E-state index contributed by atoms with van der Waals surface area (Å²) < 4.78 is 6.15. The van der Waals surface area contributed by atoms with Gasteiger partial charge in [-0.05, 0) is 24.3 Å². The Morgan fingerprint density at radius 1 is 1.37 bits per heavy atom. The van der Waals surface area contributed by atoms with Crippen LogP contribution in [-0.4, -0.2) is 22.5 Å². The minimum Gasteiger partial charge on any atom is -0.482 e. The summed E-state index contributed by atoms with van der Waals surface area (Å²) in [5.41, 5.74) is 0. The van der Waals surface area contributed by atoms with Gasteiger partial charge in [0.1, 0.15) is 5.75 Å². The zero-order valence-corrected chi connectivity index (χ0v) is 12.0. The number of carbonyl (C=O) groups excluding carboxylic acids is 1. The molecule has 0 aliphatic carbocycles. The highest BCUT2D eigenvalue weighted by Crippen LogP contribution is 2.27. The largest absolute Gasteiger partial charge is 0.482 e. The molecule has 19 heavy (non-hydrogen) atoms. The number of amides is 1. The van der Waals surface area contributed by atoms with Gasteiger partial charge in [-0.3, -0.25) is 10.1 Å². The Hall–Kier alpha value is -1.66. The van der Waals surface area contributed by atoms with Crippen molar-refractivity contribution in [3.05, 3.63) is 46.2 Å². The van der Waals surface area contributed by atoms with Gasteiger partial charge in [0, 0.05) is 16.9 Å². The van der Waals surface area contributed by atoms with E-state index in [1.54, 1.807) is 24.3 Å². The van der Waals surface area contributed by atoms with Crippen molar-refractivity contribution < 1.29 is 9.53 Å². The van der Waals surface area contributed by atoms with Gasteiger partial charge >= 0.3 is 0 Å². The molecule has 0 aliphatic rings. The molecule has 0 saturated carbocycles. The monoisotopic (exact) mass is 341 g/mol. The first kappa shape index (κ1) is 13.8. The quantitative estimate of drug-likeness (QED) is 0.928. The van der Waals surface area contributed by atoms with Crippen molar-refractivity contribution in [3.63, 3.8) is 0 Å². The molecule has 5 nitrogen and oxygen atoms in total. The van der Waals surface area contributed by atoms with Crippen LogP contribution >= 0.6 is 27.5 Å². The maximum Gasteiger partial charge on any atom is 0.264 e. The fourth-order valence-corrected chi connectivity index (χ4v) is 1.99. The third-order valence-electron chi connectivity index (χ3n) is 2.07. The van der Waals surface area contributed by atoms with E-state index in [-0.39, 0.29) is 18.5 Å². The number of carbonyl (C=O) groups is 1. The molecule has 0 saturated heterocycles. The summed E-state index contributed by atoms with van der Waals surface area (Å²) in [4.78, 5) is 19.3. The molecule has 0 unspecified atom stereocenters. The molecular formula is C12H9BrClN3O2. The van der Waals surface area contributed by atoms with E-state index in [4.69, 9.17) is 16.3 Å². The minimum absolute atomic E-state index is 0.167. The molecule has 2 aromatic rings. The van der Waals surface area contributed by atoms with E-state index in [2.05, 4.69) is 31.2 Å². The molecule has 0 aliphatic heterocycles. The van der Waals surface area contributed by atoms with Crippen molar-refractivity contribution >= 4 is 39.4 Å². The molecule has 2 rings (SSSR count). The van der Waals surface area contributed by atoms with Crippen LogP contribution in [0.3, 0.4) is 0 Å². The fraction of sp³-hybridized carbons (Fsp3) is 0.0833. The van der Waals surface area contributed by atoms with Crippen molar-refractivity contribution in [2.24, 2.45) is 0 Å². The average Bonchev–Trinajstić information content (AvgIpc) is 2.39. The Bertz CT molecular complexity index is 580. The molecule has 0 atom stereocenters. The summed E-state index contributed by atoms with van der Waals surface area (Å²) in [7, 11) is 0. The van der Waals surface area contributed by atoms with Crippen LogP contribution in [0.15, 0.2) is 41.1 Å². The van der Waals surface area contributed by atoms with E-state index in [0.717, 1.165) is 4.47 Å². The van der Waals surface area contributed by atoms with Crippen LogP contribution in [0.25, 0.3) is 0 Å². The molecule has 98 valence electrons. The number of rotatable bonds is 4. The summed E-state index contributed by atoms with van der Waals surface area (Å²) in [6.45, 7) is -0.167. The van der Waals surface area contributed by atoms with E-state index < -0.39 is 0 Å². The molecule has 0 bridgehead atoms. The predicted molar refractivity (Wildman–Crippen MR) is 75.3 cm³/mol. The molecule has 0 fully saturated rings. The Kier molecular flexibility index (Phi) is 4.70. The van der Waals surface area contributed by atoms with Crippen molar-refractivity contribution in [3.8, 4) is 5.75 Å². The van der Waals surface area contributed by atoms with Gasteiger partial charge in [-0.1, -0.05) is 27.5 Å². The zero-order valence-electron chi connectivity index (χ0n) is 9.64. The molecule has 0 spiro atoms. The van der Waals surface area contributed by atoms with E-state index in [1.165, 1.54) is 12.4 Å². The maximum absolute atomic E-state index is 11.6. The molecule has 0 radical (unpaired) electrons. The number of ether oxygens (including phenoxy) is 1. The van der Waals surface area contributed by atoms with E-state index in [9.17, 15) is 4.79 Å². The molecular weight excluding hydrogens is 334 g/mol. The van der Waals surface area contributed by atoms with Crippen LogP contribution in [0.4, 0.5) is 5.95 Å². The van der Waals surface area contributed by atoms with E-state index >= 15 is 0 Å². The molecule has 1 heterocycles. The molecule has 1 aromatic heterocycles. The van der Waals surface area contributed by atoms with Gasteiger partial charge in [0.05, 0.1) is 5.02 Å². The highest BCUT2D eigenvalue weighted by atomic mass is 79.9. The third kappa shape index (κ3) is 4.18. The Balaban J connectivity index is 1.90. The SMILES string of the molecule is O=C(COc1ccc(Br)cc1Cl)Nc1ncccn1. The standard InChI is InChI=1S/C12H9BrClN3O2/c13-8-2-3-10(9(14)6-8)19-7-11(18)17-12-15-4-1-5-16-12/h1-6H,7H2,(H,15,16,17,18). The first-order valence-corrected chi connectivity index (χ1v) is 6.47. The Morgan fingerprint density at radius 3 is 2.79 bits per heavy atom. The summed E-state index contributed by atoms with van der Waals surface area (Å²) >= 11 is 9.25. The molecule has 7 heteroatoms. The maximum atomic E-state index is 11.6. The van der Waals surface area contributed by atoms with Crippen molar-refractivity contribution in [1.29, 1.82) is 0 Å². The number of hydrogen-bond donors (Lipinski definition) is 1. The lowest BCUT2D eigenvalue weighted by atomic mass is 10.3. The number of halogens is 2. The van der Waals surface area contributed by atoms with Gasteiger partial charge in [0.2, 0.25) is 5.95 Å². The predicted octanol–water partition coefficient (Wildman–Crippen LogP) is 2.91. The van der Waals surface area contributed by atoms with Crippen molar-refractivity contribution in [2.45, 2.75) is 0 Å². The summed E-state index contributed by atoms with van der Waals surface area (Å²) in [5, 5.41) is 2.93. The summed E-state index contributed by atoms with van der Waals surface area (Å²) in [5.74, 6) is 0.317. The molecule has 1 N–H and O–H groups in total. The molecule has 1 aromatic carbocycles. The van der Waals surface area contributed by atoms with Crippen molar-refractivity contribution in [1.82, 2.24) is 9.97 Å². The number of hydrogen-bond acceptors (Lipinski definition) is 4.